The third-order valence-electron chi connectivity index (χ3n) is 4.49. The van der Waals surface area contributed by atoms with Gasteiger partial charge in [0.2, 0.25) is 21.7 Å². The normalized spacial score (nSPS) is 12.6. The van der Waals surface area contributed by atoms with Crippen molar-refractivity contribution < 1.29 is 27.3 Å². The van der Waals surface area contributed by atoms with E-state index in [9.17, 15) is 13.2 Å². The Bertz CT molecular complexity index is 1380. The van der Waals surface area contributed by atoms with Gasteiger partial charge in [-0.2, -0.15) is 9.71 Å². The molecular weight excluding hydrogens is 410 g/mol. The fraction of sp³-hybridized carbons (Fsp3) is 0.250. The highest BCUT2D eigenvalue weighted by Crippen LogP contribution is 2.33. The summed E-state index contributed by atoms with van der Waals surface area (Å²) in [6, 6.07) is 9.73. The van der Waals surface area contributed by atoms with Crippen LogP contribution in [0.15, 0.2) is 50.2 Å². The first-order valence-electron chi connectivity index (χ1n) is 9.07. The molecule has 156 valence electrons. The van der Waals surface area contributed by atoms with Crippen LogP contribution in [-0.2, 0) is 20.2 Å². The minimum absolute atomic E-state index is 0.0454. The number of hydrogen-bond acceptors (Lipinski definition) is 7. The first-order chi connectivity index (χ1) is 14.0. The van der Waals surface area contributed by atoms with E-state index < -0.39 is 22.5 Å². The topological polar surface area (TPSA) is 136 Å². The fourth-order valence-electron chi connectivity index (χ4n) is 2.95. The summed E-state index contributed by atoms with van der Waals surface area (Å²) in [7, 11) is -3.96. The average Bonchev–Trinajstić information content (AvgIpc) is 3.30. The van der Waals surface area contributed by atoms with E-state index in [1.807, 2.05) is 25.5 Å². The van der Waals surface area contributed by atoms with E-state index >= 15 is 0 Å². The maximum Gasteiger partial charge on any atom is 0.318 e. The van der Waals surface area contributed by atoms with Crippen LogP contribution in [0.3, 0.4) is 0 Å². The standard InChI is InChI=1S/C20H19N3O6S/c1-20(2,3)19-22-18(23-29-19)11-4-6-13-14-9-12(30(26,27)21-10-17(24)25)5-7-15(14)28-16(13)8-11/h4-9,21H,10H2,1-3H3,(H,24,25). The molecule has 2 N–H and O–H groups in total. The molecule has 30 heavy (non-hydrogen) atoms. The molecule has 0 atom stereocenters. The lowest BCUT2D eigenvalue weighted by Crippen LogP contribution is -2.29. The Morgan fingerprint density at radius 2 is 1.87 bits per heavy atom. The molecule has 2 aromatic carbocycles. The van der Waals surface area contributed by atoms with Crippen molar-refractivity contribution in [2.75, 3.05) is 6.54 Å². The predicted molar refractivity (Wildman–Crippen MR) is 109 cm³/mol. The van der Waals surface area contributed by atoms with Gasteiger partial charge in [0.05, 0.1) is 4.90 Å². The number of carbonyl (C=O) groups is 1. The number of rotatable bonds is 5. The van der Waals surface area contributed by atoms with Gasteiger partial charge in [-0.15, -0.1) is 0 Å². The molecule has 9 nitrogen and oxygen atoms in total. The highest BCUT2D eigenvalue weighted by atomic mass is 32.2. The second kappa shape index (κ2) is 6.92. The van der Waals surface area contributed by atoms with Gasteiger partial charge in [-0.3, -0.25) is 4.79 Å². The summed E-state index contributed by atoms with van der Waals surface area (Å²) in [4.78, 5) is 15.1. The number of carboxylic acid groups (broad SMARTS) is 1. The summed E-state index contributed by atoms with van der Waals surface area (Å²) in [5.41, 5.74) is 1.47. The summed E-state index contributed by atoms with van der Waals surface area (Å²) in [6.07, 6.45) is 0. The number of nitrogens with one attached hydrogen (secondary N) is 1. The van der Waals surface area contributed by atoms with Gasteiger partial charge in [-0.25, -0.2) is 8.42 Å². The molecule has 10 heteroatoms. The highest BCUT2D eigenvalue weighted by molar-refractivity contribution is 7.89. The average molecular weight is 429 g/mol. The molecule has 0 radical (unpaired) electrons. The third kappa shape index (κ3) is 3.66. The minimum Gasteiger partial charge on any atom is -0.480 e. The Morgan fingerprint density at radius 1 is 1.10 bits per heavy atom. The first-order valence-corrected chi connectivity index (χ1v) is 10.6. The summed E-state index contributed by atoms with van der Waals surface area (Å²) in [6.45, 7) is 5.23. The molecule has 2 heterocycles. The van der Waals surface area contributed by atoms with Crippen LogP contribution in [0.2, 0.25) is 0 Å². The smallest absolute Gasteiger partial charge is 0.318 e. The van der Waals surface area contributed by atoms with E-state index in [2.05, 4.69) is 10.1 Å². The van der Waals surface area contributed by atoms with Crippen LogP contribution in [0.25, 0.3) is 33.3 Å². The van der Waals surface area contributed by atoms with E-state index in [-0.39, 0.29) is 10.3 Å². The molecule has 4 rings (SSSR count). The second-order valence-electron chi connectivity index (χ2n) is 7.86. The number of nitrogens with zero attached hydrogens (tertiary/aromatic N) is 2. The van der Waals surface area contributed by atoms with E-state index in [0.29, 0.717) is 39.2 Å². The van der Waals surface area contributed by atoms with Crippen molar-refractivity contribution in [3.8, 4) is 11.4 Å². The maximum atomic E-state index is 12.3. The second-order valence-corrected chi connectivity index (χ2v) is 9.63. The lowest BCUT2D eigenvalue weighted by atomic mass is 9.97. The van der Waals surface area contributed by atoms with Crippen molar-refractivity contribution in [3.05, 3.63) is 42.3 Å². The molecule has 4 aromatic rings. The SMILES string of the molecule is CC(C)(C)c1nc(-c2ccc3c(c2)oc2ccc(S(=O)(=O)NCC(=O)O)cc23)no1. The largest absolute Gasteiger partial charge is 0.480 e. The molecule has 0 spiro atoms. The van der Waals surface area contributed by atoms with E-state index in [4.69, 9.17) is 14.0 Å². The molecule has 0 unspecified atom stereocenters. The minimum atomic E-state index is -3.96. The van der Waals surface area contributed by atoms with Crippen LogP contribution < -0.4 is 4.72 Å². The number of benzene rings is 2. The highest BCUT2D eigenvalue weighted by Gasteiger charge is 2.23. The molecule has 2 aromatic heterocycles. The number of carboxylic acids is 1. The zero-order chi connectivity index (χ0) is 21.7. The molecule has 0 aliphatic carbocycles. The Hall–Kier alpha value is -3.24. The van der Waals surface area contributed by atoms with Crippen molar-refractivity contribution in [3.63, 3.8) is 0 Å². The van der Waals surface area contributed by atoms with Crippen molar-refractivity contribution in [1.29, 1.82) is 0 Å². The summed E-state index contributed by atoms with van der Waals surface area (Å²) < 4.78 is 37.9. The Kier molecular flexibility index (Phi) is 4.63. The van der Waals surface area contributed by atoms with Gasteiger partial charge < -0.3 is 14.0 Å². The molecule has 0 saturated carbocycles. The van der Waals surface area contributed by atoms with E-state index in [1.165, 1.54) is 18.2 Å². The van der Waals surface area contributed by atoms with Crippen LogP contribution in [-0.4, -0.2) is 36.2 Å². The van der Waals surface area contributed by atoms with Gasteiger partial charge in [0.25, 0.3) is 0 Å². The van der Waals surface area contributed by atoms with Crippen LogP contribution in [0.1, 0.15) is 26.7 Å². The quantitative estimate of drug-likeness (QED) is 0.493. The lowest BCUT2D eigenvalue weighted by Gasteiger charge is -2.10. The van der Waals surface area contributed by atoms with Crippen molar-refractivity contribution >= 4 is 37.9 Å². The maximum absolute atomic E-state index is 12.3. The Labute approximate surface area is 171 Å². The third-order valence-corrected chi connectivity index (χ3v) is 5.89. The van der Waals surface area contributed by atoms with E-state index in [0.717, 1.165) is 0 Å². The van der Waals surface area contributed by atoms with Gasteiger partial charge in [-0.05, 0) is 30.3 Å². The van der Waals surface area contributed by atoms with Crippen molar-refractivity contribution in [2.24, 2.45) is 0 Å². The van der Waals surface area contributed by atoms with Gasteiger partial charge >= 0.3 is 5.97 Å². The number of aliphatic carboxylic acids is 1. The Balaban J connectivity index is 1.75. The Morgan fingerprint density at radius 3 is 2.53 bits per heavy atom. The number of fused-ring (bicyclic) bond motifs is 3. The summed E-state index contributed by atoms with van der Waals surface area (Å²) in [5, 5.41) is 14.0. The monoisotopic (exact) mass is 429 g/mol. The molecule has 0 aliphatic rings. The fourth-order valence-corrected chi connectivity index (χ4v) is 3.95. The number of aromatic nitrogens is 2. The summed E-state index contributed by atoms with van der Waals surface area (Å²) >= 11 is 0. The number of furan rings is 1. The van der Waals surface area contributed by atoms with Gasteiger partial charge in [0.15, 0.2) is 0 Å². The van der Waals surface area contributed by atoms with Gasteiger partial charge in [0.1, 0.15) is 17.7 Å². The van der Waals surface area contributed by atoms with Crippen molar-refractivity contribution in [1.82, 2.24) is 14.9 Å². The summed E-state index contributed by atoms with van der Waals surface area (Å²) in [5.74, 6) is -0.314. The van der Waals surface area contributed by atoms with Crippen LogP contribution in [0.4, 0.5) is 0 Å². The molecule has 0 saturated heterocycles. The molecular formula is C20H19N3O6S. The van der Waals surface area contributed by atoms with Crippen LogP contribution in [0, 0.1) is 0 Å². The number of hydrogen-bond donors (Lipinski definition) is 2. The molecule has 0 amide bonds. The molecule has 0 aliphatic heterocycles. The van der Waals surface area contributed by atoms with Crippen molar-refractivity contribution in [2.45, 2.75) is 31.1 Å². The predicted octanol–water partition coefficient (Wildman–Crippen LogP) is 3.30. The van der Waals surface area contributed by atoms with E-state index in [1.54, 1.807) is 18.2 Å². The molecule has 0 fully saturated rings. The first kappa shape index (κ1) is 20.0. The van der Waals surface area contributed by atoms with Crippen LogP contribution >= 0.6 is 0 Å². The van der Waals surface area contributed by atoms with Crippen LogP contribution in [0.5, 0.6) is 0 Å². The zero-order valence-corrected chi connectivity index (χ0v) is 17.3. The lowest BCUT2D eigenvalue weighted by molar-refractivity contribution is -0.135. The van der Waals surface area contributed by atoms with Gasteiger partial charge in [-0.1, -0.05) is 32.0 Å². The molecule has 0 bridgehead atoms. The zero-order valence-electron chi connectivity index (χ0n) is 16.5. The van der Waals surface area contributed by atoms with Gasteiger partial charge in [0, 0.05) is 21.8 Å². The number of sulfonamides is 1.